The standard InChI is InChI=1S/C19H23NOS/c1-15(20-22-19(2,3)4)17-11-8-12-18(13-17)21-14-16-9-6-5-7-10-16/h5-13H,14H2,1-4H3/b20-15+. The highest BCUT2D eigenvalue weighted by molar-refractivity contribution is 7.99. The van der Waals surface area contributed by atoms with Gasteiger partial charge < -0.3 is 4.74 Å². The largest absolute Gasteiger partial charge is 0.489 e. The minimum atomic E-state index is 0.128. The molecular formula is C19H23NOS. The lowest BCUT2D eigenvalue weighted by molar-refractivity contribution is 0.306. The fourth-order valence-electron chi connectivity index (χ4n) is 1.81. The number of rotatable bonds is 5. The average molecular weight is 313 g/mol. The van der Waals surface area contributed by atoms with Gasteiger partial charge in [-0.15, -0.1) is 0 Å². The van der Waals surface area contributed by atoms with Crippen LogP contribution >= 0.6 is 11.9 Å². The Hall–Kier alpha value is -1.74. The summed E-state index contributed by atoms with van der Waals surface area (Å²) in [5.74, 6) is 0.872. The van der Waals surface area contributed by atoms with Gasteiger partial charge in [0.25, 0.3) is 0 Å². The van der Waals surface area contributed by atoms with Crippen LogP contribution in [0.5, 0.6) is 5.75 Å². The molecule has 0 saturated carbocycles. The van der Waals surface area contributed by atoms with Gasteiger partial charge in [-0.05, 0) is 62.9 Å². The molecule has 0 aliphatic rings. The van der Waals surface area contributed by atoms with E-state index in [0.29, 0.717) is 6.61 Å². The van der Waals surface area contributed by atoms with E-state index >= 15 is 0 Å². The van der Waals surface area contributed by atoms with Gasteiger partial charge in [-0.3, -0.25) is 0 Å². The fraction of sp³-hybridized carbons (Fsp3) is 0.316. The van der Waals surface area contributed by atoms with Crippen LogP contribution in [-0.4, -0.2) is 10.5 Å². The van der Waals surface area contributed by atoms with Gasteiger partial charge in [-0.1, -0.05) is 42.5 Å². The van der Waals surface area contributed by atoms with Crippen LogP contribution in [0.25, 0.3) is 0 Å². The highest BCUT2D eigenvalue weighted by Gasteiger charge is 2.10. The molecular weight excluding hydrogens is 290 g/mol. The summed E-state index contributed by atoms with van der Waals surface area (Å²) in [6.07, 6.45) is 0. The summed E-state index contributed by atoms with van der Waals surface area (Å²) < 4.78 is 10.6. The van der Waals surface area contributed by atoms with Gasteiger partial charge in [0.2, 0.25) is 0 Å². The fourth-order valence-corrected chi connectivity index (χ4v) is 2.33. The van der Waals surface area contributed by atoms with Crippen molar-refractivity contribution in [1.29, 1.82) is 0 Å². The summed E-state index contributed by atoms with van der Waals surface area (Å²) in [5.41, 5.74) is 3.29. The van der Waals surface area contributed by atoms with Crippen LogP contribution in [0.4, 0.5) is 0 Å². The molecule has 0 N–H and O–H groups in total. The van der Waals surface area contributed by atoms with Gasteiger partial charge in [-0.25, -0.2) is 4.40 Å². The minimum Gasteiger partial charge on any atom is -0.489 e. The monoisotopic (exact) mass is 313 g/mol. The quantitative estimate of drug-likeness (QED) is 0.535. The SMILES string of the molecule is C/C(=N\SC(C)(C)C)c1cccc(OCc2ccccc2)c1. The molecule has 0 aliphatic heterocycles. The molecule has 0 spiro atoms. The molecule has 0 fully saturated rings. The van der Waals surface area contributed by atoms with Crippen molar-refractivity contribution < 1.29 is 4.74 Å². The number of benzene rings is 2. The van der Waals surface area contributed by atoms with Gasteiger partial charge in [0.1, 0.15) is 12.4 Å². The van der Waals surface area contributed by atoms with Gasteiger partial charge >= 0.3 is 0 Å². The maximum absolute atomic E-state index is 5.87. The Labute approximate surface area is 137 Å². The van der Waals surface area contributed by atoms with E-state index in [1.807, 2.05) is 43.3 Å². The van der Waals surface area contributed by atoms with Crippen LogP contribution in [0.3, 0.4) is 0 Å². The molecule has 22 heavy (non-hydrogen) atoms. The second-order valence-corrected chi connectivity index (χ2v) is 7.77. The highest BCUT2D eigenvalue weighted by atomic mass is 32.2. The van der Waals surface area contributed by atoms with Crippen LogP contribution in [0.15, 0.2) is 59.0 Å². The number of nitrogens with zero attached hydrogens (tertiary/aromatic N) is 1. The topological polar surface area (TPSA) is 21.6 Å². The van der Waals surface area contributed by atoms with Crippen LogP contribution < -0.4 is 4.74 Å². The van der Waals surface area contributed by atoms with Crippen molar-refractivity contribution in [1.82, 2.24) is 0 Å². The normalized spacial score (nSPS) is 12.3. The lowest BCUT2D eigenvalue weighted by atomic mass is 10.1. The molecule has 0 aliphatic carbocycles. The molecule has 2 nitrogen and oxygen atoms in total. The molecule has 2 aromatic rings. The molecule has 0 atom stereocenters. The second kappa shape index (κ2) is 7.50. The Balaban J connectivity index is 2.03. The minimum absolute atomic E-state index is 0.128. The zero-order valence-electron chi connectivity index (χ0n) is 13.7. The van der Waals surface area contributed by atoms with Crippen LogP contribution in [0, 0.1) is 0 Å². The van der Waals surface area contributed by atoms with E-state index in [9.17, 15) is 0 Å². The van der Waals surface area contributed by atoms with E-state index < -0.39 is 0 Å². The predicted octanol–water partition coefficient (Wildman–Crippen LogP) is 5.52. The maximum atomic E-state index is 5.87. The summed E-state index contributed by atoms with van der Waals surface area (Å²) in [6, 6.07) is 18.3. The van der Waals surface area contributed by atoms with E-state index in [0.717, 1.165) is 17.0 Å². The van der Waals surface area contributed by atoms with Gasteiger partial charge in [-0.2, -0.15) is 0 Å². The van der Waals surface area contributed by atoms with Crippen molar-refractivity contribution >= 4 is 17.7 Å². The van der Waals surface area contributed by atoms with E-state index in [1.165, 1.54) is 5.56 Å². The van der Waals surface area contributed by atoms with Crippen LogP contribution in [0.2, 0.25) is 0 Å². The lowest BCUT2D eigenvalue weighted by Gasteiger charge is -2.14. The van der Waals surface area contributed by atoms with Gasteiger partial charge in [0.15, 0.2) is 0 Å². The number of ether oxygens (including phenoxy) is 1. The average Bonchev–Trinajstić information content (AvgIpc) is 2.51. The molecule has 3 heteroatoms. The predicted molar refractivity (Wildman–Crippen MR) is 96.8 cm³/mol. The Kier molecular flexibility index (Phi) is 5.67. The molecule has 2 aromatic carbocycles. The number of hydrogen-bond donors (Lipinski definition) is 0. The molecule has 0 bridgehead atoms. The summed E-state index contributed by atoms with van der Waals surface area (Å²) in [5, 5.41) is 0. The third kappa shape index (κ3) is 5.57. The summed E-state index contributed by atoms with van der Waals surface area (Å²) >= 11 is 1.60. The molecule has 0 amide bonds. The summed E-state index contributed by atoms with van der Waals surface area (Å²) in [6.45, 7) is 9.10. The molecule has 0 aromatic heterocycles. The molecule has 0 heterocycles. The summed E-state index contributed by atoms with van der Waals surface area (Å²) in [7, 11) is 0. The van der Waals surface area contributed by atoms with Crippen molar-refractivity contribution in [3.63, 3.8) is 0 Å². The first kappa shape index (κ1) is 16.6. The van der Waals surface area contributed by atoms with Crippen molar-refractivity contribution in [2.24, 2.45) is 4.40 Å². The first-order valence-electron chi connectivity index (χ1n) is 7.44. The van der Waals surface area contributed by atoms with E-state index in [1.54, 1.807) is 11.9 Å². The smallest absolute Gasteiger partial charge is 0.120 e. The van der Waals surface area contributed by atoms with Crippen LogP contribution in [-0.2, 0) is 6.61 Å². The van der Waals surface area contributed by atoms with E-state index in [-0.39, 0.29) is 4.75 Å². The first-order chi connectivity index (χ1) is 10.4. The van der Waals surface area contributed by atoms with E-state index in [2.05, 4.69) is 43.4 Å². The maximum Gasteiger partial charge on any atom is 0.120 e. The Morgan fingerprint density at radius 2 is 1.77 bits per heavy atom. The Bertz CT molecular complexity index is 629. The molecule has 0 saturated heterocycles. The second-order valence-electron chi connectivity index (χ2n) is 6.18. The molecule has 0 radical (unpaired) electrons. The lowest BCUT2D eigenvalue weighted by Crippen LogP contribution is -2.06. The Morgan fingerprint density at radius 3 is 2.45 bits per heavy atom. The van der Waals surface area contributed by atoms with Crippen LogP contribution in [0.1, 0.15) is 38.8 Å². The number of hydrogen-bond acceptors (Lipinski definition) is 3. The van der Waals surface area contributed by atoms with Crippen molar-refractivity contribution in [2.75, 3.05) is 0 Å². The zero-order valence-corrected chi connectivity index (χ0v) is 14.5. The van der Waals surface area contributed by atoms with Crippen molar-refractivity contribution in [2.45, 2.75) is 39.0 Å². The van der Waals surface area contributed by atoms with Gasteiger partial charge in [0.05, 0.1) is 5.71 Å². The molecule has 116 valence electrons. The van der Waals surface area contributed by atoms with Gasteiger partial charge in [0, 0.05) is 4.75 Å². The third-order valence-corrected chi connectivity index (χ3v) is 3.87. The van der Waals surface area contributed by atoms with Crippen molar-refractivity contribution in [3.8, 4) is 5.75 Å². The highest BCUT2D eigenvalue weighted by Crippen LogP contribution is 2.25. The zero-order chi connectivity index (χ0) is 16.0. The van der Waals surface area contributed by atoms with Crippen molar-refractivity contribution in [3.05, 3.63) is 65.7 Å². The molecule has 2 rings (SSSR count). The third-order valence-electron chi connectivity index (χ3n) is 2.96. The van der Waals surface area contributed by atoms with E-state index in [4.69, 9.17) is 4.74 Å². The molecule has 0 unspecified atom stereocenters. The first-order valence-corrected chi connectivity index (χ1v) is 8.21. The Morgan fingerprint density at radius 1 is 1.05 bits per heavy atom. The summed E-state index contributed by atoms with van der Waals surface area (Å²) in [4.78, 5) is 0.